The number of rotatable bonds is 3. The summed E-state index contributed by atoms with van der Waals surface area (Å²) < 4.78 is 0. The molecule has 1 N–H and O–H groups in total. The van der Waals surface area contributed by atoms with Crippen molar-refractivity contribution in [1.82, 2.24) is 4.90 Å². The third kappa shape index (κ3) is 3.02. The van der Waals surface area contributed by atoms with E-state index >= 15 is 0 Å². The zero-order valence-corrected chi connectivity index (χ0v) is 13.9. The Morgan fingerprint density at radius 1 is 1.00 bits per heavy atom. The fraction of sp³-hybridized carbons (Fsp3) is 0.524. The van der Waals surface area contributed by atoms with Crippen LogP contribution in [0, 0.1) is 5.92 Å². The van der Waals surface area contributed by atoms with Crippen molar-refractivity contribution in [3.8, 4) is 0 Å². The molecule has 1 atom stereocenters. The maximum absolute atomic E-state index is 9.92. The van der Waals surface area contributed by atoms with Crippen LogP contribution in [0.2, 0.25) is 0 Å². The van der Waals surface area contributed by atoms with E-state index in [0.717, 1.165) is 26.1 Å². The SMILES string of the molecule is OCC1CC2=C(CCCC2)C2=C1CN(Cc1ccccc1)CC2. The Morgan fingerprint density at radius 2 is 1.83 bits per heavy atom. The van der Waals surface area contributed by atoms with E-state index in [1.54, 1.807) is 22.3 Å². The molecule has 1 heterocycles. The van der Waals surface area contributed by atoms with Crippen LogP contribution in [0.1, 0.15) is 44.1 Å². The molecule has 0 spiro atoms. The van der Waals surface area contributed by atoms with Gasteiger partial charge in [0.25, 0.3) is 0 Å². The Bertz CT molecular complexity index is 629. The van der Waals surface area contributed by atoms with Gasteiger partial charge in [-0.05, 0) is 60.8 Å². The van der Waals surface area contributed by atoms with E-state index in [4.69, 9.17) is 0 Å². The molecule has 1 aliphatic heterocycles. The van der Waals surface area contributed by atoms with Crippen LogP contribution in [-0.4, -0.2) is 29.7 Å². The molecule has 1 aromatic rings. The van der Waals surface area contributed by atoms with Crippen molar-refractivity contribution in [1.29, 1.82) is 0 Å². The largest absolute Gasteiger partial charge is 0.396 e. The normalized spacial score (nSPS) is 25.3. The highest BCUT2D eigenvalue weighted by Crippen LogP contribution is 2.44. The first kappa shape index (κ1) is 15.2. The monoisotopic (exact) mass is 309 g/mol. The Morgan fingerprint density at radius 3 is 2.65 bits per heavy atom. The molecule has 3 aliphatic rings. The first-order valence-corrected chi connectivity index (χ1v) is 9.15. The van der Waals surface area contributed by atoms with Crippen LogP contribution in [-0.2, 0) is 6.54 Å². The van der Waals surface area contributed by atoms with Gasteiger partial charge >= 0.3 is 0 Å². The second kappa shape index (κ2) is 6.62. The highest BCUT2D eigenvalue weighted by Gasteiger charge is 2.32. The number of benzene rings is 1. The third-order valence-corrected chi connectivity index (χ3v) is 5.86. The standard InChI is InChI=1S/C21H27NO/c23-15-18-12-17-8-4-5-9-19(17)20-10-11-22(14-21(18)20)13-16-6-2-1-3-7-16/h1-3,6-7,18,23H,4-5,8-15H2. The van der Waals surface area contributed by atoms with Gasteiger partial charge in [0.2, 0.25) is 0 Å². The molecule has 0 saturated heterocycles. The number of nitrogens with zero attached hydrogens (tertiary/aromatic N) is 1. The molecule has 0 saturated carbocycles. The van der Waals surface area contributed by atoms with Gasteiger partial charge in [0, 0.05) is 32.2 Å². The molecule has 2 aliphatic carbocycles. The number of hydrogen-bond donors (Lipinski definition) is 1. The number of fused-ring (bicyclic) bond motifs is 1. The highest BCUT2D eigenvalue weighted by atomic mass is 16.3. The van der Waals surface area contributed by atoms with Gasteiger partial charge in [-0.3, -0.25) is 4.90 Å². The lowest BCUT2D eigenvalue weighted by Crippen LogP contribution is -2.36. The summed E-state index contributed by atoms with van der Waals surface area (Å²) in [5.74, 6) is 0.375. The molecule has 23 heavy (non-hydrogen) atoms. The van der Waals surface area contributed by atoms with Crippen molar-refractivity contribution in [2.24, 2.45) is 5.92 Å². The Kier molecular flexibility index (Phi) is 4.37. The summed E-state index contributed by atoms with van der Waals surface area (Å²) in [5, 5.41) is 9.92. The van der Waals surface area contributed by atoms with Gasteiger partial charge in [-0.2, -0.15) is 0 Å². The van der Waals surface area contributed by atoms with Gasteiger partial charge in [-0.25, -0.2) is 0 Å². The van der Waals surface area contributed by atoms with E-state index in [1.165, 1.54) is 37.7 Å². The Hall–Kier alpha value is -1.38. The van der Waals surface area contributed by atoms with Gasteiger partial charge in [0.05, 0.1) is 0 Å². The average Bonchev–Trinajstić information content (AvgIpc) is 2.61. The third-order valence-electron chi connectivity index (χ3n) is 5.86. The van der Waals surface area contributed by atoms with Gasteiger partial charge < -0.3 is 5.11 Å². The molecule has 0 aromatic heterocycles. The number of hydrogen-bond acceptors (Lipinski definition) is 2. The van der Waals surface area contributed by atoms with Gasteiger partial charge in [-0.1, -0.05) is 35.9 Å². The summed E-state index contributed by atoms with van der Waals surface area (Å²) in [4.78, 5) is 2.56. The molecule has 2 nitrogen and oxygen atoms in total. The quantitative estimate of drug-likeness (QED) is 0.909. The fourth-order valence-corrected chi connectivity index (χ4v) is 4.70. The van der Waals surface area contributed by atoms with Crippen molar-refractivity contribution >= 4 is 0 Å². The molecule has 4 rings (SSSR count). The lowest BCUT2D eigenvalue weighted by molar-refractivity contribution is 0.211. The zero-order valence-electron chi connectivity index (χ0n) is 13.9. The minimum absolute atomic E-state index is 0.314. The molecular formula is C21H27NO. The predicted octanol–water partition coefficient (Wildman–Crippen LogP) is 4.07. The molecule has 1 aromatic carbocycles. The first-order chi connectivity index (χ1) is 11.3. The summed E-state index contributed by atoms with van der Waals surface area (Å²) in [7, 11) is 0. The van der Waals surface area contributed by atoms with Gasteiger partial charge in [-0.15, -0.1) is 0 Å². The van der Waals surface area contributed by atoms with Crippen LogP contribution in [0.15, 0.2) is 52.6 Å². The molecule has 0 fully saturated rings. The summed E-state index contributed by atoms with van der Waals surface area (Å²) in [6, 6.07) is 10.8. The van der Waals surface area contributed by atoms with Crippen molar-refractivity contribution in [2.75, 3.05) is 19.7 Å². The molecule has 0 radical (unpaired) electrons. The fourth-order valence-electron chi connectivity index (χ4n) is 4.70. The molecule has 122 valence electrons. The topological polar surface area (TPSA) is 23.5 Å². The minimum atomic E-state index is 0.314. The molecule has 2 heteroatoms. The Labute approximate surface area is 139 Å². The van der Waals surface area contributed by atoms with Crippen LogP contribution in [0.5, 0.6) is 0 Å². The van der Waals surface area contributed by atoms with Crippen LogP contribution >= 0.6 is 0 Å². The smallest absolute Gasteiger partial charge is 0.0500 e. The van der Waals surface area contributed by atoms with E-state index in [0.29, 0.717) is 12.5 Å². The summed E-state index contributed by atoms with van der Waals surface area (Å²) in [6.07, 6.45) is 7.55. The van der Waals surface area contributed by atoms with Gasteiger partial charge in [0.1, 0.15) is 0 Å². The molecule has 0 bridgehead atoms. The zero-order chi connectivity index (χ0) is 15.6. The predicted molar refractivity (Wildman–Crippen MR) is 94.0 cm³/mol. The molecule has 0 amide bonds. The maximum Gasteiger partial charge on any atom is 0.0500 e. The van der Waals surface area contributed by atoms with Crippen LogP contribution < -0.4 is 0 Å². The van der Waals surface area contributed by atoms with Crippen LogP contribution in [0.25, 0.3) is 0 Å². The summed E-state index contributed by atoms with van der Waals surface area (Å²) in [6.45, 7) is 3.55. The average molecular weight is 309 g/mol. The lowest BCUT2D eigenvalue weighted by Gasteiger charge is -2.40. The van der Waals surface area contributed by atoms with Crippen LogP contribution in [0.3, 0.4) is 0 Å². The van der Waals surface area contributed by atoms with E-state index in [9.17, 15) is 5.11 Å². The molecule has 1 unspecified atom stereocenters. The summed E-state index contributed by atoms with van der Waals surface area (Å²) >= 11 is 0. The number of allylic oxidation sites excluding steroid dienone is 2. The number of aliphatic hydroxyl groups is 1. The second-order valence-electron chi connectivity index (χ2n) is 7.32. The van der Waals surface area contributed by atoms with E-state index in [2.05, 4.69) is 35.2 Å². The van der Waals surface area contributed by atoms with Crippen molar-refractivity contribution in [3.63, 3.8) is 0 Å². The minimum Gasteiger partial charge on any atom is -0.396 e. The first-order valence-electron chi connectivity index (χ1n) is 9.15. The van der Waals surface area contributed by atoms with Crippen molar-refractivity contribution in [3.05, 3.63) is 58.2 Å². The van der Waals surface area contributed by atoms with E-state index in [-0.39, 0.29) is 0 Å². The van der Waals surface area contributed by atoms with Crippen LogP contribution in [0.4, 0.5) is 0 Å². The van der Waals surface area contributed by atoms with Crippen molar-refractivity contribution < 1.29 is 5.11 Å². The lowest BCUT2D eigenvalue weighted by atomic mass is 9.71. The molecular weight excluding hydrogens is 282 g/mol. The number of aliphatic hydroxyl groups excluding tert-OH is 1. The highest BCUT2D eigenvalue weighted by molar-refractivity contribution is 5.46. The maximum atomic E-state index is 9.92. The Balaban J connectivity index is 1.57. The van der Waals surface area contributed by atoms with Gasteiger partial charge in [0.15, 0.2) is 0 Å². The second-order valence-corrected chi connectivity index (χ2v) is 7.32. The van der Waals surface area contributed by atoms with E-state index < -0.39 is 0 Å². The van der Waals surface area contributed by atoms with E-state index in [1.807, 2.05) is 0 Å². The summed E-state index contributed by atoms with van der Waals surface area (Å²) in [5.41, 5.74) is 7.94. The van der Waals surface area contributed by atoms with Crippen molar-refractivity contribution in [2.45, 2.75) is 45.1 Å².